The van der Waals surface area contributed by atoms with E-state index in [1.165, 1.54) is 0 Å². The topological polar surface area (TPSA) is 89.6 Å². The van der Waals surface area contributed by atoms with E-state index in [2.05, 4.69) is 15.3 Å². The number of carbonyl (C=O) groups excluding carboxylic acids is 1. The summed E-state index contributed by atoms with van der Waals surface area (Å²) in [4.78, 5) is 19.3. The summed E-state index contributed by atoms with van der Waals surface area (Å²) in [7, 11) is 0. The van der Waals surface area contributed by atoms with Gasteiger partial charge in [-0.15, -0.1) is 0 Å². The molecule has 1 atom stereocenters. The van der Waals surface area contributed by atoms with E-state index in [1.54, 1.807) is 0 Å². The van der Waals surface area contributed by atoms with Crippen molar-refractivity contribution < 1.29 is 31.5 Å². The van der Waals surface area contributed by atoms with Crippen molar-refractivity contribution >= 4 is 17.4 Å². The molecule has 0 saturated heterocycles. The maximum Gasteiger partial charge on any atom is 0.299 e. The van der Waals surface area contributed by atoms with Crippen molar-refractivity contribution in [3.63, 3.8) is 0 Å². The first-order valence-corrected chi connectivity index (χ1v) is 8.26. The van der Waals surface area contributed by atoms with Crippen LogP contribution >= 0.6 is 0 Å². The van der Waals surface area contributed by atoms with Gasteiger partial charge in [-0.3, -0.25) is 9.79 Å². The van der Waals surface area contributed by atoms with E-state index in [4.69, 9.17) is 10.5 Å². The lowest BCUT2D eigenvalue weighted by atomic mass is 9.85. The minimum atomic E-state index is -3.62. The van der Waals surface area contributed by atoms with Gasteiger partial charge in [0.25, 0.3) is 11.8 Å². The van der Waals surface area contributed by atoms with Gasteiger partial charge in [-0.05, 0) is 25.1 Å². The quantitative estimate of drug-likeness (QED) is 0.756. The molecule has 0 radical (unpaired) electrons. The monoisotopic (exact) mass is 414 g/mol. The average Bonchev–Trinajstić information content (AvgIpc) is 2.72. The van der Waals surface area contributed by atoms with Gasteiger partial charge >= 0.3 is 0 Å². The summed E-state index contributed by atoms with van der Waals surface area (Å²) >= 11 is 0. The Hall–Kier alpha value is -3.08. The number of nitrogens with one attached hydrogen (secondary N) is 1. The molecule has 0 aliphatic carbocycles. The smallest absolute Gasteiger partial charge is 0.299 e. The Kier molecular flexibility index (Phi) is 5.26. The van der Waals surface area contributed by atoms with Crippen LogP contribution in [0.25, 0.3) is 0 Å². The van der Waals surface area contributed by atoms with Crippen LogP contribution in [0, 0.1) is 17.5 Å². The number of alkyl halides is 2. The van der Waals surface area contributed by atoms with Gasteiger partial charge in [0.15, 0.2) is 17.1 Å². The summed E-state index contributed by atoms with van der Waals surface area (Å²) in [6.45, 7) is -0.410. The fraction of sp³-hybridized carbons (Fsp3) is 0.278. The standard InChI is InChI=1S/C18H15F5N4O2/c1-17(18(22,23)8-29-7-14(24)27-17)11-5-10(2-3-12(11)20)26-16(28)15-13(21)4-9(19)6-25-15/h2-6H,7-8H2,1H3,(H2,24,27)(H,26,28)/t17-/m1/s1. The zero-order valence-electron chi connectivity index (χ0n) is 15.0. The predicted octanol–water partition coefficient (Wildman–Crippen LogP) is 2.99. The van der Waals surface area contributed by atoms with Gasteiger partial charge in [0.05, 0.1) is 6.20 Å². The highest BCUT2D eigenvalue weighted by Gasteiger charge is 2.54. The molecule has 6 nitrogen and oxygen atoms in total. The molecule has 1 aliphatic rings. The van der Waals surface area contributed by atoms with E-state index in [0.717, 1.165) is 25.1 Å². The number of anilines is 1. The lowest BCUT2D eigenvalue weighted by molar-refractivity contribution is -0.116. The number of rotatable bonds is 3. The molecule has 11 heteroatoms. The van der Waals surface area contributed by atoms with Crippen molar-refractivity contribution in [3.05, 3.63) is 59.2 Å². The summed E-state index contributed by atoms with van der Waals surface area (Å²) in [5.41, 5.74) is 1.73. The summed E-state index contributed by atoms with van der Waals surface area (Å²) in [6, 6.07) is 3.32. The van der Waals surface area contributed by atoms with Crippen LogP contribution in [0.15, 0.2) is 35.5 Å². The number of aliphatic imine (C=N–C) groups is 1. The number of amides is 1. The number of halogens is 5. The van der Waals surface area contributed by atoms with Crippen LogP contribution in [0.1, 0.15) is 23.0 Å². The van der Waals surface area contributed by atoms with Crippen molar-refractivity contribution in [1.82, 2.24) is 4.98 Å². The first-order valence-electron chi connectivity index (χ1n) is 8.26. The van der Waals surface area contributed by atoms with Crippen molar-refractivity contribution in [2.45, 2.75) is 18.4 Å². The Balaban J connectivity index is 2.00. The number of hydrogen-bond donors (Lipinski definition) is 2. The second-order valence-electron chi connectivity index (χ2n) is 6.51. The highest BCUT2D eigenvalue weighted by molar-refractivity contribution is 6.03. The number of nitrogens with two attached hydrogens (primary N) is 1. The Labute approximate surface area is 161 Å². The Morgan fingerprint density at radius 3 is 2.62 bits per heavy atom. The fourth-order valence-corrected chi connectivity index (χ4v) is 2.83. The second-order valence-corrected chi connectivity index (χ2v) is 6.51. The normalized spacial score (nSPS) is 21.2. The third kappa shape index (κ3) is 3.90. The van der Waals surface area contributed by atoms with Crippen molar-refractivity contribution in [1.29, 1.82) is 0 Å². The summed E-state index contributed by atoms with van der Waals surface area (Å²) < 4.78 is 75.2. The van der Waals surface area contributed by atoms with Crippen LogP contribution in [0.4, 0.5) is 27.6 Å². The largest absolute Gasteiger partial charge is 0.385 e. The minimum absolute atomic E-state index is 0.132. The van der Waals surface area contributed by atoms with Gasteiger partial charge in [-0.1, -0.05) is 0 Å². The van der Waals surface area contributed by atoms with Crippen LogP contribution in [0.3, 0.4) is 0 Å². The van der Waals surface area contributed by atoms with E-state index in [-0.39, 0.29) is 18.1 Å². The number of benzene rings is 1. The van der Waals surface area contributed by atoms with E-state index < -0.39 is 52.7 Å². The molecule has 1 aromatic heterocycles. The number of ether oxygens (including phenoxy) is 1. The zero-order valence-corrected chi connectivity index (χ0v) is 15.0. The molecule has 29 heavy (non-hydrogen) atoms. The Morgan fingerprint density at radius 1 is 1.21 bits per heavy atom. The van der Waals surface area contributed by atoms with Gasteiger partial charge < -0.3 is 15.8 Å². The van der Waals surface area contributed by atoms with E-state index in [0.29, 0.717) is 12.3 Å². The summed E-state index contributed by atoms with van der Waals surface area (Å²) in [5, 5.41) is 2.21. The van der Waals surface area contributed by atoms with Gasteiger partial charge in [0.1, 0.15) is 30.7 Å². The Bertz CT molecular complexity index is 998. The molecule has 0 unspecified atom stereocenters. The molecule has 2 aromatic rings. The highest BCUT2D eigenvalue weighted by Crippen LogP contribution is 2.44. The van der Waals surface area contributed by atoms with Gasteiger partial charge in [0.2, 0.25) is 0 Å². The van der Waals surface area contributed by atoms with Crippen molar-refractivity contribution in [3.8, 4) is 0 Å². The molecule has 1 aliphatic heterocycles. The van der Waals surface area contributed by atoms with Crippen LogP contribution in [-0.2, 0) is 10.3 Å². The molecular formula is C18H15F5N4O2. The summed E-state index contributed by atoms with van der Waals surface area (Å²) in [6.07, 6.45) is 0.638. The van der Waals surface area contributed by atoms with Crippen LogP contribution in [0.5, 0.6) is 0 Å². The van der Waals surface area contributed by atoms with Crippen LogP contribution in [-0.4, -0.2) is 35.9 Å². The fourth-order valence-electron chi connectivity index (χ4n) is 2.83. The van der Waals surface area contributed by atoms with E-state index in [9.17, 15) is 26.7 Å². The molecule has 0 saturated carbocycles. The Morgan fingerprint density at radius 2 is 1.93 bits per heavy atom. The van der Waals surface area contributed by atoms with Crippen molar-refractivity contribution in [2.24, 2.45) is 10.7 Å². The number of amidine groups is 1. The maximum absolute atomic E-state index is 14.7. The molecular weight excluding hydrogens is 399 g/mol. The minimum Gasteiger partial charge on any atom is -0.385 e. The van der Waals surface area contributed by atoms with Gasteiger partial charge in [-0.2, -0.15) is 0 Å². The number of hydrogen-bond acceptors (Lipinski definition) is 5. The predicted molar refractivity (Wildman–Crippen MR) is 93.2 cm³/mol. The average molecular weight is 414 g/mol. The third-order valence-electron chi connectivity index (χ3n) is 4.38. The maximum atomic E-state index is 14.7. The molecule has 0 bridgehead atoms. The first kappa shape index (κ1) is 20.6. The molecule has 2 heterocycles. The zero-order chi connectivity index (χ0) is 21.4. The number of carbonyl (C=O) groups is 1. The van der Waals surface area contributed by atoms with Crippen LogP contribution < -0.4 is 11.1 Å². The lowest BCUT2D eigenvalue weighted by Crippen LogP contribution is -2.45. The second kappa shape index (κ2) is 7.39. The number of aromatic nitrogens is 1. The molecule has 3 rings (SSSR count). The van der Waals surface area contributed by atoms with Gasteiger partial charge in [-0.25, -0.2) is 26.9 Å². The third-order valence-corrected chi connectivity index (χ3v) is 4.38. The van der Waals surface area contributed by atoms with Gasteiger partial charge in [0, 0.05) is 17.3 Å². The molecule has 0 spiro atoms. The van der Waals surface area contributed by atoms with Crippen molar-refractivity contribution in [2.75, 3.05) is 18.5 Å². The molecule has 0 fully saturated rings. The van der Waals surface area contributed by atoms with E-state index >= 15 is 0 Å². The lowest BCUT2D eigenvalue weighted by Gasteiger charge is -2.33. The number of pyridine rings is 1. The SMILES string of the molecule is C[C@]1(c2cc(NC(=O)c3ncc(F)cc3F)ccc2F)N=C(N)COCC1(F)F. The molecule has 1 amide bonds. The van der Waals surface area contributed by atoms with Crippen LogP contribution in [0.2, 0.25) is 0 Å². The molecule has 1 aromatic carbocycles. The molecule has 3 N–H and O–H groups in total. The summed E-state index contributed by atoms with van der Waals surface area (Å²) in [5.74, 6) is -8.18. The number of nitrogens with zero attached hydrogens (tertiary/aromatic N) is 2. The highest BCUT2D eigenvalue weighted by atomic mass is 19.3. The first-order chi connectivity index (χ1) is 13.5. The molecule has 154 valence electrons. The van der Waals surface area contributed by atoms with E-state index in [1.807, 2.05) is 0 Å².